The third kappa shape index (κ3) is 3.47. The van der Waals surface area contributed by atoms with Crippen LogP contribution in [0.25, 0.3) is 16.7 Å². The highest BCUT2D eigenvalue weighted by Gasteiger charge is 2.17. The molecule has 0 atom stereocenters. The molecule has 0 spiro atoms. The normalized spacial score (nSPS) is 11.6. The molecule has 0 saturated heterocycles. The van der Waals surface area contributed by atoms with Gasteiger partial charge >= 0.3 is 5.69 Å². The zero-order valence-corrected chi connectivity index (χ0v) is 16.2. The summed E-state index contributed by atoms with van der Waals surface area (Å²) in [5, 5.41) is 0.255. The van der Waals surface area contributed by atoms with Crippen LogP contribution in [0.4, 0.5) is 0 Å². The zero-order valence-electron chi connectivity index (χ0n) is 15.4. The lowest BCUT2D eigenvalue weighted by atomic mass is 10.2. The van der Waals surface area contributed by atoms with Gasteiger partial charge in [0, 0.05) is 24.8 Å². The molecule has 0 N–H and O–H groups in total. The minimum atomic E-state index is -3.48. The van der Waals surface area contributed by atoms with E-state index in [0.29, 0.717) is 5.69 Å². The molecule has 0 unspecified atom stereocenters. The van der Waals surface area contributed by atoms with Gasteiger partial charge in [0.2, 0.25) is 0 Å². The average molecular weight is 408 g/mol. The largest absolute Gasteiger partial charge is 0.337 e. The summed E-state index contributed by atoms with van der Waals surface area (Å²) >= 11 is 0. The van der Waals surface area contributed by atoms with Gasteiger partial charge in [-0.1, -0.05) is 6.07 Å². The van der Waals surface area contributed by atoms with Crippen LogP contribution in [0.5, 0.6) is 0 Å². The van der Waals surface area contributed by atoms with E-state index >= 15 is 0 Å². The summed E-state index contributed by atoms with van der Waals surface area (Å²) in [7, 11) is -3.48. The maximum atomic E-state index is 13.3. The van der Waals surface area contributed by atoms with E-state index in [2.05, 4.69) is 9.97 Å². The molecule has 0 amide bonds. The number of hydrogen-bond donors (Lipinski definition) is 0. The molecule has 0 saturated carbocycles. The fourth-order valence-corrected chi connectivity index (χ4v) is 3.74. The highest BCUT2D eigenvalue weighted by atomic mass is 32.2. The second-order valence-corrected chi connectivity index (χ2v) is 8.52. The molecule has 4 aromatic rings. The van der Waals surface area contributed by atoms with Crippen molar-refractivity contribution in [2.24, 2.45) is 0 Å². The zero-order chi connectivity index (χ0) is 20.6. The van der Waals surface area contributed by atoms with Gasteiger partial charge in [-0.05, 0) is 48.0 Å². The Bertz CT molecular complexity index is 1440. The number of hydrogen-bond acceptors (Lipinski definition) is 6. The Hall–Kier alpha value is -3.59. The summed E-state index contributed by atoms with van der Waals surface area (Å²) in [6, 6.07) is 12.6. The first-order valence-electron chi connectivity index (χ1n) is 8.66. The van der Waals surface area contributed by atoms with Crippen LogP contribution < -0.4 is 11.2 Å². The van der Waals surface area contributed by atoms with Crippen LogP contribution in [0.1, 0.15) is 5.56 Å². The third-order valence-electron chi connectivity index (χ3n) is 4.49. The van der Waals surface area contributed by atoms with Gasteiger partial charge in [0.25, 0.3) is 5.56 Å². The molecule has 3 aromatic heterocycles. The van der Waals surface area contributed by atoms with Crippen molar-refractivity contribution in [2.75, 3.05) is 6.26 Å². The van der Waals surface area contributed by atoms with Gasteiger partial charge < -0.3 is 0 Å². The van der Waals surface area contributed by atoms with Crippen molar-refractivity contribution >= 4 is 20.9 Å². The predicted octanol–water partition coefficient (Wildman–Crippen LogP) is 1.39. The van der Waals surface area contributed by atoms with E-state index < -0.39 is 21.1 Å². The van der Waals surface area contributed by atoms with Crippen molar-refractivity contribution in [2.45, 2.75) is 11.4 Å². The Morgan fingerprint density at radius 1 is 0.966 bits per heavy atom. The Morgan fingerprint density at radius 3 is 2.45 bits per heavy atom. The summed E-state index contributed by atoms with van der Waals surface area (Å²) < 4.78 is 26.3. The van der Waals surface area contributed by atoms with Crippen LogP contribution in [-0.2, 0) is 16.4 Å². The third-order valence-corrected chi connectivity index (χ3v) is 5.60. The van der Waals surface area contributed by atoms with Crippen molar-refractivity contribution < 1.29 is 8.42 Å². The molecule has 4 rings (SSSR count). The van der Waals surface area contributed by atoms with Crippen LogP contribution in [0.3, 0.4) is 0 Å². The SMILES string of the molecule is CS(=O)(=O)c1cccc(-n2c(=O)n(Cc3ccncc3)c(=O)c3cccnc32)c1. The van der Waals surface area contributed by atoms with E-state index in [-0.39, 0.29) is 22.5 Å². The monoisotopic (exact) mass is 408 g/mol. The van der Waals surface area contributed by atoms with Gasteiger partial charge in [-0.15, -0.1) is 0 Å². The Morgan fingerprint density at radius 2 is 1.72 bits per heavy atom. The maximum Gasteiger partial charge on any atom is 0.337 e. The molecule has 0 aliphatic rings. The number of nitrogens with zero attached hydrogens (tertiary/aromatic N) is 4. The Balaban J connectivity index is 2.04. The fourth-order valence-electron chi connectivity index (χ4n) is 3.08. The molecule has 8 nitrogen and oxygen atoms in total. The molecule has 9 heteroatoms. The highest BCUT2D eigenvalue weighted by molar-refractivity contribution is 7.90. The smallest absolute Gasteiger partial charge is 0.268 e. The fraction of sp³-hybridized carbons (Fsp3) is 0.100. The van der Waals surface area contributed by atoms with Crippen LogP contribution in [0.15, 0.2) is 81.6 Å². The topological polar surface area (TPSA) is 104 Å². The van der Waals surface area contributed by atoms with E-state index in [1.165, 1.54) is 22.9 Å². The first-order chi connectivity index (χ1) is 13.9. The summed E-state index contributed by atoms with van der Waals surface area (Å²) in [5.74, 6) is 0. The molecule has 0 bridgehead atoms. The molecule has 1 aromatic carbocycles. The van der Waals surface area contributed by atoms with Gasteiger partial charge in [-0.2, -0.15) is 0 Å². The quantitative estimate of drug-likeness (QED) is 0.506. The van der Waals surface area contributed by atoms with Crippen molar-refractivity contribution in [1.82, 2.24) is 19.1 Å². The van der Waals surface area contributed by atoms with Crippen LogP contribution >= 0.6 is 0 Å². The predicted molar refractivity (Wildman–Crippen MR) is 108 cm³/mol. The molecular weight excluding hydrogens is 392 g/mol. The molecule has 29 heavy (non-hydrogen) atoms. The molecular formula is C20H16N4O4S. The van der Waals surface area contributed by atoms with Gasteiger partial charge in [-0.25, -0.2) is 22.8 Å². The van der Waals surface area contributed by atoms with Crippen molar-refractivity contribution in [3.8, 4) is 5.69 Å². The maximum absolute atomic E-state index is 13.3. The Kier molecular flexibility index (Phi) is 4.59. The number of aromatic nitrogens is 4. The Labute approximate surface area is 165 Å². The van der Waals surface area contributed by atoms with Crippen LogP contribution in [0.2, 0.25) is 0 Å². The van der Waals surface area contributed by atoms with E-state index in [1.54, 1.807) is 48.8 Å². The first kappa shape index (κ1) is 18.8. The second kappa shape index (κ2) is 7.10. The standard InChI is InChI=1S/C20H16N4O4S/c1-29(27,28)16-5-2-4-15(12-16)24-18-17(6-3-9-22-18)19(25)23(20(24)26)13-14-7-10-21-11-8-14/h2-12H,13H2,1H3. The summed E-state index contributed by atoms with van der Waals surface area (Å²) in [6.45, 7) is 0.0524. The average Bonchev–Trinajstić information content (AvgIpc) is 2.72. The minimum absolute atomic E-state index is 0.0524. The van der Waals surface area contributed by atoms with E-state index in [1.807, 2.05) is 0 Å². The first-order valence-corrected chi connectivity index (χ1v) is 10.6. The van der Waals surface area contributed by atoms with Gasteiger partial charge in [0.15, 0.2) is 15.5 Å². The van der Waals surface area contributed by atoms with Crippen molar-refractivity contribution in [3.05, 3.63) is 93.5 Å². The van der Waals surface area contributed by atoms with E-state index in [9.17, 15) is 18.0 Å². The molecule has 0 fully saturated rings. The number of pyridine rings is 2. The molecule has 0 aliphatic carbocycles. The lowest BCUT2D eigenvalue weighted by Gasteiger charge is -2.14. The summed E-state index contributed by atoms with van der Waals surface area (Å²) in [6.07, 6.45) is 5.73. The lowest BCUT2D eigenvalue weighted by molar-refractivity contribution is 0.601. The summed E-state index contributed by atoms with van der Waals surface area (Å²) in [5.41, 5.74) is 0.136. The molecule has 146 valence electrons. The lowest BCUT2D eigenvalue weighted by Crippen LogP contribution is -2.40. The van der Waals surface area contributed by atoms with Crippen LogP contribution in [0, 0.1) is 0 Å². The number of rotatable bonds is 4. The van der Waals surface area contributed by atoms with Crippen molar-refractivity contribution in [1.29, 1.82) is 0 Å². The highest BCUT2D eigenvalue weighted by Crippen LogP contribution is 2.17. The van der Waals surface area contributed by atoms with Gasteiger partial charge in [-0.3, -0.25) is 14.3 Å². The van der Waals surface area contributed by atoms with E-state index in [0.717, 1.165) is 16.4 Å². The molecule has 0 radical (unpaired) electrons. The number of benzene rings is 1. The molecule has 3 heterocycles. The molecule has 0 aliphatic heterocycles. The number of sulfone groups is 1. The minimum Gasteiger partial charge on any atom is -0.268 e. The number of fused-ring (bicyclic) bond motifs is 1. The summed E-state index contributed by atoms with van der Waals surface area (Å²) in [4.78, 5) is 34.5. The van der Waals surface area contributed by atoms with Gasteiger partial charge in [0.1, 0.15) is 0 Å². The second-order valence-electron chi connectivity index (χ2n) is 6.51. The van der Waals surface area contributed by atoms with Crippen LogP contribution in [-0.4, -0.2) is 33.8 Å². The van der Waals surface area contributed by atoms with Gasteiger partial charge in [0.05, 0.1) is 22.5 Å². The van der Waals surface area contributed by atoms with Crippen molar-refractivity contribution in [3.63, 3.8) is 0 Å². The van der Waals surface area contributed by atoms with E-state index in [4.69, 9.17) is 0 Å².